The molecule has 1 aliphatic carbocycles. The summed E-state index contributed by atoms with van der Waals surface area (Å²) in [5.41, 5.74) is 4.19. The van der Waals surface area contributed by atoms with Gasteiger partial charge in [0.05, 0.1) is 6.10 Å². The zero-order valence-corrected chi connectivity index (χ0v) is 10.5. The van der Waals surface area contributed by atoms with Crippen molar-refractivity contribution in [2.45, 2.75) is 46.1 Å². The second kappa shape index (κ2) is 4.58. The maximum Gasteiger partial charge on any atom is 0.0568 e. The van der Waals surface area contributed by atoms with Crippen LogP contribution in [-0.2, 0) is 6.42 Å². The number of aryl methyl sites for hydroxylation is 2. The van der Waals surface area contributed by atoms with Gasteiger partial charge in [-0.05, 0) is 56.1 Å². The molecule has 1 aromatic carbocycles. The molecule has 1 fully saturated rings. The summed E-state index contributed by atoms with van der Waals surface area (Å²) in [6.45, 7) is 6.52. The molecule has 1 heteroatoms. The molecule has 1 aromatic rings. The molecular weight excluding hydrogens is 196 g/mol. The first-order valence-electron chi connectivity index (χ1n) is 6.32. The molecule has 88 valence electrons. The van der Waals surface area contributed by atoms with Crippen molar-refractivity contribution in [3.8, 4) is 0 Å². The summed E-state index contributed by atoms with van der Waals surface area (Å²) in [4.78, 5) is 0. The van der Waals surface area contributed by atoms with E-state index >= 15 is 0 Å². The summed E-state index contributed by atoms with van der Waals surface area (Å²) < 4.78 is 0. The highest BCUT2D eigenvalue weighted by Crippen LogP contribution is 2.34. The Morgan fingerprint density at radius 3 is 2.62 bits per heavy atom. The van der Waals surface area contributed by atoms with Gasteiger partial charge in [-0.1, -0.05) is 30.7 Å². The zero-order chi connectivity index (χ0) is 11.7. The van der Waals surface area contributed by atoms with Gasteiger partial charge in [0.25, 0.3) is 0 Å². The van der Waals surface area contributed by atoms with Gasteiger partial charge in [0.1, 0.15) is 0 Å². The third-order valence-electron chi connectivity index (χ3n) is 4.17. The standard InChI is InChI=1S/C15H22O/c1-10-4-5-11(2)14(8-10)9-13-6-7-15(16)12(13)3/h4-5,8,12-13,15-16H,6-7,9H2,1-3H3. The van der Waals surface area contributed by atoms with E-state index in [1.54, 1.807) is 0 Å². The molecule has 3 atom stereocenters. The van der Waals surface area contributed by atoms with Gasteiger partial charge in [0, 0.05) is 0 Å². The van der Waals surface area contributed by atoms with Crippen LogP contribution in [0.1, 0.15) is 36.5 Å². The van der Waals surface area contributed by atoms with Crippen LogP contribution in [0, 0.1) is 25.7 Å². The van der Waals surface area contributed by atoms with Gasteiger partial charge in [0.15, 0.2) is 0 Å². The summed E-state index contributed by atoms with van der Waals surface area (Å²) in [5, 5.41) is 9.77. The third kappa shape index (κ3) is 2.30. The van der Waals surface area contributed by atoms with Crippen molar-refractivity contribution in [2.24, 2.45) is 11.8 Å². The molecule has 2 rings (SSSR count). The Morgan fingerprint density at radius 1 is 1.25 bits per heavy atom. The Hall–Kier alpha value is -0.820. The van der Waals surface area contributed by atoms with Crippen molar-refractivity contribution >= 4 is 0 Å². The molecule has 1 nitrogen and oxygen atoms in total. The topological polar surface area (TPSA) is 20.2 Å². The highest BCUT2D eigenvalue weighted by atomic mass is 16.3. The summed E-state index contributed by atoms with van der Waals surface area (Å²) in [6.07, 6.45) is 3.22. The van der Waals surface area contributed by atoms with Crippen LogP contribution in [0.4, 0.5) is 0 Å². The lowest BCUT2D eigenvalue weighted by atomic mass is 9.88. The number of aliphatic hydroxyl groups is 1. The van der Waals surface area contributed by atoms with Crippen LogP contribution in [0.3, 0.4) is 0 Å². The molecule has 0 aromatic heterocycles. The van der Waals surface area contributed by atoms with E-state index in [4.69, 9.17) is 0 Å². The highest BCUT2D eigenvalue weighted by Gasteiger charge is 2.31. The van der Waals surface area contributed by atoms with Crippen LogP contribution < -0.4 is 0 Å². The Morgan fingerprint density at radius 2 is 2.00 bits per heavy atom. The fourth-order valence-corrected chi connectivity index (χ4v) is 2.82. The average Bonchev–Trinajstić information content (AvgIpc) is 2.55. The maximum atomic E-state index is 9.77. The third-order valence-corrected chi connectivity index (χ3v) is 4.17. The Labute approximate surface area is 98.5 Å². The molecule has 1 saturated carbocycles. The predicted octanol–water partition coefficient (Wildman–Crippen LogP) is 3.25. The first-order chi connectivity index (χ1) is 7.58. The second-order valence-corrected chi connectivity index (χ2v) is 5.40. The summed E-state index contributed by atoms with van der Waals surface area (Å²) in [5.74, 6) is 1.12. The molecule has 3 unspecified atom stereocenters. The van der Waals surface area contributed by atoms with Crippen molar-refractivity contribution in [3.05, 3.63) is 34.9 Å². The minimum absolute atomic E-state index is 0.0740. The number of aliphatic hydroxyl groups excluding tert-OH is 1. The zero-order valence-electron chi connectivity index (χ0n) is 10.5. The molecular formula is C15H22O. The van der Waals surface area contributed by atoms with Gasteiger partial charge in [-0.3, -0.25) is 0 Å². The first kappa shape index (κ1) is 11.7. The molecule has 0 amide bonds. The predicted molar refractivity (Wildman–Crippen MR) is 67.5 cm³/mol. The van der Waals surface area contributed by atoms with Gasteiger partial charge < -0.3 is 5.11 Å². The Balaban J connectivity index is 2.12. The van der Waals surface area contributed by atoms with Gasteiger partial charge in [0.2, 0.25) is 0 Å². The van der Waals surface area contributed by atoms with E-state index in [0.717, 1.165) is 12.8 Å². The van der Waals surface area contributed by atoms with Crippen LogP contribution in [0.15, 0.2) is 18.2 Å². The second-order valence-electron chi connectivity index (χ2n) is 5.40. The van der Waals surface area contributed by atoms with Crippen LogP contribution in [0.5, 0.6) is 0 Å². The minimum Gasteiger partial charge on any atom is -0.393 e. The summed E-state index contributed by atoms with van der Waals surface area (Å²) >= 11 is 0. The summed E-state index contributed by atoms with van der Waals surface area (Å²) in [7, 11) is 0. The lowest BCUT2D eigenvalue weighted by Gasteiger charge is -2.18. The number of hydrogen-bond acceptors (Lipinski definition) is 1. The average molecular weight is 218 g/mol. The lowest BCUT2D eigenvalue weighted by Crippen LogP contribution is -2.17. The maximum absolute atomic E-state index is 9.77. The van der Waals surface area contributed by atoms with Crippen molar-refractivity contribution in [3.63, 3.8) is 0 Å². The van der Waals surface area contributed by atoms with Crippen molar-refractivity contribution in [2.75, 3.05) is 0 Å². The molecule has 0 aliphatic heterocycles. The SMILES string of the molecule is Cc1ccc(C)c(CC2CCC(O)C2C)c1. The smallest absolute Gasteiger partial charge is 0.0568 e. The molecule has 0 bridgehead atoms. The van der Waals surface area contributed by atoms with Crippen LogP contribution in [0.25, 0.3) is 0 Å². The number of rotatable bonds is 2. The molecule has 1 aliphatic rings. The quantitative estimate of drug-likeness (QED) is 0.808. The van der Waals surface area contributed by atoms with Gasteiger partial charge in [-0.25, -0.2) is 0 Å². The highest BCUT2D eigenvalue weighted by molar-refractivity contribution is 5.31. The fraction of sp³-hybridized carbons (Fsp3) is 0.600. The fourth-order valence-electron chi connectivity index (χ4n) is 2.82. The molecule has 0 spiro atoms. The van der Waals surface area contributed by atoms with E-state index in [1.807, 2.05) is 0 Å². The van der Waals surface area contributed by atoms with E-state index in [2.05, 4.69) is 39.0 Å². The van der Waals surface area contributed by atoms with Crippen LogP contribution in [-0.4, -0.2) is 11.2 Å². The normalized spacial score (nSPS) is 29.6. The number of benzene rings is 1. The van der Waals surface area contributed by atoms with Crippen LogP contribution >= 0.6 is 0 Å². The number of hydrogen-bond donors (Lipinski definition) is 1. The monoisotopic (exact) mass is 218 g/mol. The van der Waals surface area contributed by atoms with E-state index in [9.17, 15) is 5.11 Å². The van der Waals surface area contributed by atoms with Crippen molar-refractivity contribution in [1.29, 1.82) is 0 Å². The van der Waals surface area contributed by atoms with E-state index in [1.165, 1.54) is 23.1 Å². The Bertz CT molecular complexity index is 370. The largest absolute Gasteiger partial charge is 0.393 e. The van der Waals surface area contributed by atoms with Crippen molar-refractivity contribution < 1.29 is 5.11 Å². The molecule has 0 heterocycles. The molecule has 1 N–H and O–H groups in total. The lowest BCUT2D eigenvalue weighted by molar-refractivity contribution is 0.127. The van der Waals surface area contributed by atoms with E-state index in [-0.39, 0.29) is 6.10 Å². The molecule has 0 radical (unpaired) electrons. The Kier molecular flexibility index (Phi) is 3.34. The molecule has 16 heavy (non-hydrogen) atoms. The van der Waals surface area contributed by atoms with E-state index in [0.29, 0.717) is 11.8 Å². The molecule has 0 saturated heterocycles. The van der Waals surface area contributed by atoms with E-state index < -0.39 is 0 Å². The summed E-state index contributed by atoms with van der Waals surface area (Å²) in [6, 6.07) is 6.68. The van der Waals surface area contributed by atoms with Gasteiger partial charge in [-0.15, -0.1) is 0 Å². The van der Waals surface area contributed by atoms with Crippen molar-refractivity contribution in [1.82, 2.24) is 0 Å². The minimum atomic E-state index is -0.0740. The first-order valence-corrected chi connectivity index (χ1v) is 6.32. The van der Waals surface area contributed by atoms with Gasteiger partial charge in [-0.2, -0.15) is 0 Å². The van der Waals surface area contributed by atoms with Crippen LogP contribution in [0.2, 0.25) is 0 Å². The van der Waals surface area contributed by atoms with Gasteiger partial charge >= 0.3 is 0 Å².